The van der Waals surface area contributed by atoms with E-state index in [9.17, 15) is 9.90 Å². The van der Waals surface area contributed by atoms with E-state index in [0.717, 1.165) is 35.8 Å². The number of hydrogen-bond acceptors (Lipinski definition) is 3. The number of aliphatic hydroxyl groups excluding tert-OH is 1. The number of aliphatic hydroxyl groups is 1. The first kappa shape index (κ1) is 14.0. The summed E-state index contributed by atoms with van der Waals surface area (Å²) in [6.07, 6.45) is 3.64. The Morgan fingerprint density at radius 2 is 1.85 bits per heavy atom. The van der Waals surface area contributed by atoms with Gasteiger partial charge >= 0.3 is 0 Å². The van der Waals surface area contributed by atoms with Gasteiger partial charge < -0.3 is 10.4 Å². The van der Waals surface area contributed by atoms with Gasteiger partial charge in [0.05, 0.1) is 12.6 Å². The van der Waals surface area contributed by atoms with Crippen LogP contribution in [0.4, 0.5) is 5.69 Å². The number of piperidine rings is 1. The monoisotopic (exact) mass is 338 g/mol. The Morgan fingerprint density at radius 3 is 2.45 bits per heavy atom. The van der Waals surface area contributed by atoms with Crippen LogP contribution in [-0.4, -0.2) is 40.6 Å². The Balaban J connectivity index is 1.58. The summed E-state index contributed by atoms with van der Waals surface area (Å²) < 4.78 is 0.999. The maximum atomic E-state index is 12.1. The minimum absolute atomic E-state index is 0.0283. The molecule has 1 aromatic rings. The number of carbonyl (C=O) groups excluding carboxylic acids is 1. The summed E-state index contributed by atoms with van der Waals surface area (Å²) in [5.41, 5.74) is 0.822. The Morgan fingerprint density at radius 1 is 1.25 bits per heavy atom. The van der Waals surface area contributed by atoms with Crippen LogP contribution >= 0.6 is 15.9 Å². The van der Waals surface area contributed by atoms with Crippen LogP contribution in [0.2, 0.25) is 0 Å². The molecule has 0 radical (unpaired) electrons. The lowest BCUT2D eigenvalue weighted by Gasteiger charge is -2.36. The van der Waals surface area contributed by atoms with Gasteiger partial charge in [0.15, 0.2) is 0 Å². The van der Waals surface area contributed by atoms with Crippen molar-refractivity contribution in [2.24, 2.45) is 0 Å². The predicted octanol–water partition coefficient (Wildman–Crippen LogP) is 2.38. The molecule has 5 heteroatoms. The molecule has 1 aromatic carbocycles. The van der Waals surface area contributed by atoms with Crippen LogP contribution in [0.5, 0.6) is 0 Å². The van der Waals surface area contributed by atoms with Crippen LogP contribution in [0, 0.1) is 0 Å². The third-order valence-corrected chi connectivity index (χ3v) is 4.84. The first-order valence-corrected chi connectivity index (χ1v) is 7.90. The highest BCUT2D eigenvalue weighted by atomic mass is 79.9. The van der Waals surface area contributed by atoms with E-state index in [0.29, 0.717) is 18.6 Å². The summed E-state index contributed by atoms with van der Waals surface area (Å²) in [4.78, 5) is 14.4. The maximum Gasteiger partial charge on any atom is 0.238 e. The highest BCUT2D eigenvalue weighted by molar-refractivity contribution is 9.10. The molecule has 2 saturated heterocycles. The van der Waals surface area contributed by atoms with Crippen LogP contribution in [0.25, 0.3) is 0 Å². The first-order valence-electron chi connectivity index (χ1n) is 7.11. The van der Waals surface area contributed by atoms with Crippen molar-refractivity contribution in [1.82, 2.24) is 4.90 Å². The van der Waals surface area contributed by atoms with Gasteiger partial charge in [-0.25, -0.2) is 0 Å². The fourth-order valence-corrected chi connectivity index (χ4v) is 3.67. The number of fused-ring (bicyclic) bond motifs is 2. The number of halogens is 1. The number of hydrogen-bond donors (Lipinski definition) is 2. The van der Waals surface area contributed by atoms with E-state index < -0.39 is 0 Å². The van der Waals surface area contributed by atoms with Gasteiger partial charge in [-0.15, -0.1) is 0 Å². The number of rotatable bonds is 3. The van der Waals surface area contributed by atoms with Gasteiger partial charge in [-0.05, 0) is 49.9 Å². The van der Waals surface area contributed by atoms with Crippen LogP contribution in [0.3, 0.4) is 0 Å². The van der Waals surface area contributed by atoms with Crippen molar-refractivity contribution < 1.29 is 9.90 Å². The summed E-state index contributed by atoms with van der Waals surface area (Å²) in [6.45, 7) is 0.429. The van der Waals surface area contributed by atoms with Gasteiger partial charge in [-0.1, -0.05) is 15.9 Å². The second-order valence-electron chi connectivity index (χ2n) is 5.74. The van der Waals surface area contributed by atoms with Crippen LogP contribution in [-0.2, 0) is 4.79 Å². The first-order chi connectivity index (χ1) is 9.61. The normalized spacial score (nSPS) is 29.4. The number of anilines is 1. The summed E-state index contributed by atoms with van der Waals surface area (Å²) >= 11 is 3.38. The third kappa shape index (κ3) is 3.05. The molecule has 2 N–H and O–H groups in total. The molecular formula is C15H19BrN2O2. The zero-order valence-corrected chi connectivity index (χ0v) is 12.8. The lowest BCUT2D eigenvalue weighted by molar-refractivity contribution is -0.119. The highest BCUT2D eigenvalue weighted by Gasteiger charge is 2.40. The second kappa shape index (κ2) is 5.84. The molecule has 2 aliphatic rings. The molecule has 108 valence electrons. The van der Waals surface area contributed by atoms with Gasteiger partial charge in [-0.2, -0.15) is 0 Å². The largest absolute Gasteiger partial charge is 0.393 e. The van der Waals surface area contributed by atoms with Crippen LogP contribution < -0.4 is 5.32 Å². The van der Waals surface area contributed by atoms with E-state index in [-0.39, 0.29) is 12.0 Å². The molecule has 3 rings (SSSR count). The quantitative estimate of drug-likeness (QED) is 0.889. The topological polar surface area (TPSA) is 52.6 Å². The zero-order valence-electron chi connectivity index (χ0n) is 11.3. The van der Waals surface area contributed by atoms with E-state index >= 15 is 0 Å². The van der Waals surface area contributed by atoms with E-state index in [1.807, 2.05) is 24.3 Å². The minimum Gasteiger partial charge on any atom is -0.393 e. The summed E-state index contributed by atoms with van der Waals surface area (Å²) in [5.74, 6) is 0.0283. The van der Waals surface area contributed by atoms with Crippen molar-refractivity contribution in [3.05, 3.63) is 28.7 Å². The predicted molar refractivity (Wildman–Crippen MR) is 81.5 cm³/mol. The number of carbonyl (C=O) groups is 1. The van der Waals surface area contributed by atoms with E-state index in [4.69, 9.17) is 0 Å². The molecule has 0 aromatic heterocycles. The zero-order chi connectivity index (χ0) is 14.1. The lowest BCUT2D eigenvalue weighted by atomic mass is 10.00. The molecule has 0 spiro atoms. The summed E-state index contributed by atoms with van der Waals surface area (Å²) in [5, 5.41) is 12.7. The SMILES string of the molecule is O=C(CN1C2CCC1CC(O)C2)Nc1ccc(Br)cc1. The molecule has 2 bridgehead atoms. The van der Waals surface area contributed by atoms with Crippen LogP contribution in [0.1, 0.15) is 25.7 Å². The second-order valence-corrected chi connectivity index (χ2v) is 6.65. The van der Waals surface area contributed by atoms with Gasteiger partial charge in [0.25, 0.3) is 0 Å². The van der Waals surface area contributed by atoms with E-state index in [1.165, 1.54) is 0 Å². The van der Waals surface area contributed by atoms with Gasteiger partial charge in [-0.3, -0.25) is 9.69 Å². The molecular weight excluding hydrogens is 320 g/mol. The van der Waals surface area contributed by atoms with E-state index in [1.54, 1.807) is 0 Å². The maximum absolute atomic E-state index is 12.1. The molecule has 2 heterocycles. The molecule has 0 aliphatic carbocycles. The standard InChI is InChI=1S/C15H19BrN2O2/c16-10-1-3-11(4-2-10)17-15(20)9-18-12-5-6-13(18)8-14(19)7-12/h1-4,12-14,19H,5-9H2,(H,17,20). The van der Waals surface area contributed by atoms with Gasteiger partial charge in [0.2, 0.25) is 5.91 Å². The Bertz CT molecular complexity index is 477. The van der Waals surface area contributed by atoms with Crippen molar-refractivity contribution in [1.29, 1.82) is 0 Å². The summed E-state index contributed by atoms with van der Waals surface area (Å²) in [6, 6.07) is 8.35. The van der Waals surface area contributed by atoms with Crippen molar-refractivity contribution in [3.8, 4) is 0 Å². The van der Waals surface area contributed by atoms with Crippen molar-refractivity contribution >= 4 is 27.5 Å². The molecule has 2 unspecified atom stereocenters. The molecule has 2 atom stereocenters. The van der Waals surface area contributed by atoms with Crippen molar-refractivity contribution in [2.75, 3.05) is 11.9 Å². The fraction of sp³-hybridized carbons (Fsp3) is 0.533. The molecule has 0 saturated carbocycles. The lowest BCUT2D eigenvalue weighted by Crippen LogP contribution is -2.47. The molecule has 2 fully saturated rings. The van der Waals surface area contributed by atoms with Gasteiger partial charge in [0.1, 0.15) is 0 Å². The number of benzene rings is 1. The Hall–Kier alpha value is -0.910. The number of nitrogens with zero attached hydrogens (tertiary/aromatic N) is 1. The third-order valence-electron chi connectivity index (χ3n) is 4.31. The Labute approximate surface area is 127 Å². The van der Waals surface area contributed by atoms with Crippen molar-refractivity contribution in [3.63, 3.8) is 0 Å². The number of nitrogens with one attached hydrogen (secondary N) is 1. The van der Waals surface area contributed by atoms with Crippen molar-refractivity contribution in [2.45, 2.75) is 43.9 Å². The molecule has 20 heavy (non-hydrogen) atoms. The minimum atomic E-state index is -0.182. The Kier molecular flexibility index (Phi) is 4.10. The van der Waals surface area contributed by atoms with Gasteiger partial charge in [0, 0.05) is 22.2 Å². The molecule has 4 nitrogen and oxygen atoms in total. The summed E-state index contributed by atoms with van der Waals surface area (Å²) in [7, 11) is 0. The fourth-order valence-electron chi connectivity index (χ4n) is 3.40. The number of amides is 1. The van der Waals surface area contributed by atoms with E-state index in [2.05, 4.69) is 26.1 Å². The highest BCUT2D eigenvalue weighted by Crippen LogP contribution is 2.35. The molecule has 2 aliphatic heterocycles. The smallest absolute Gasteiger partial charge is 0.238 e. The van der Waals surface area contributed by atoms with Crippen LogP contribution in [0.15, 0.2) is 28.7 Å². The average Bonchev–Trinajstić information content (AvgIpc) is 2.65. The average molecular weight is 339 g/mol. The molecule has 1 amide bonds.